The molecule has 6 heteroatoms. The molecule has 0 amide bonds. The number of nitrogens with two attached hydrogens (primary N) is 1. The highest BCUT2D eigenvalue weighted by atomic mass is 32.2. The number of hydrogen-bond acceptors (Lipinski definition) is 4. The Kier molecular flexibility index (Phi) is 3.16. The highest BCUT2D eigenvalue weighted by molar-refractivity contribution is 7.89. The van der Waals surface area contributed by atoms with E-state index in [4.69, 9.17) is 5.14 Å². The Morgan fingerprint density at radius 3 is 2.59 bits per heavy atom. The van der Waals surface area contributed by atoms with E-state index in [1.54, 1.807) is 30.6 Å². The lowest BCUT2D eigenvalue weighted by molar-refractivity contribution is 0.592. The standard InChI is InChI=1S/C11H11N3O2S/c12-17(15,16)11-10(4-2-6-14-11)7-9-3-1-5-13-8-9/h1-6,8H,7H2,(H2,12,15,16). The predicted octanol–water partition coefficient (Wildman–Crippen LogP) is 0.715. The van der Waals surface area contributed by atoms with Gasteiger partial charge in [-0.05, 0) is 23.3 Å². The van der Waals surface area contributed by atoms with E-state index in [0.29, 0.717) is 12.0 Å². The SMILES string of the molecule is NS(=O)(=O)c1ncccc1Cc1cccnc1. The Morgan fingerprint density at radius 2 is 1.94 bits per heavy atom. The molecule has 2 rings (SSSR count). The van der Waals surface area contributed by atoms with Crippen molar-refractivity contribution in [2.75, 3.05) is 0 Å². The van der Waals surface area contributed by atoms with Crippen LogP contribution in [0.3, 0.4) is 0 Å². The van der Waals surface area contributed by atoms with Crippen molar-refractivity contribution >= 4 is 10.0 Å². The number of hydrogen-bond donors (Lipinski definition) is 1. The first-order chi connectivity index (χ1) is 8.07. The molecule has 0 atom stereocenters. The van der Waals surface area contributed by atoms with E-state index in [1.165, 1.54) is 6.20 Å². The molecule has 2 N–H and O–H groups in total. The lowest BCUT2D eigenvalue weighted by atomic mass is 10.1. The van der Waals surface area contributed by atoms with Crippen LogP contribution >= 0.6 is 0 Å². The van der Waals surface area contributed by atoms with Gasteiger partial charge in [-0.15, -0.1) is 0 Å². The van der Waals surface area contributed by atoms with Crippen LogP contribution in [0.1, 0.15) is 11.1 Å². The van der Waals surface area contributed by atoms with E-state index >= 15 is 0 Å². The van der Waals surface area contributed by atoms with Crippen molar-refractivity contribution in [2.24, 2.45) is 5.14 Å². The number of nitrogens with zero attached hydrogens (tertiary/aromatic N) is 2. The number of primary sulfonamides is 1. The van der Waals surface area contributed by atoms with Gasteiger partial charge in [-0.1, -0.05) is 12.1 Å². The normalized spacial score (nSPS) is 11.4. The first-order valence-corrected chi connectivity index (χ1v) is 6.47. The highest BCUT2D eigenvalue weighted by Gasteiger charge is 2.15. The number of pyridine rings is 2. The predicted molar refractivity (Wildman–Crippen MR) is 62.7 cm³/mol. The molecule has 17 heavy (non-hydrogen) atoms. The molecule has 5 nitrogen and oxygen atoms in total. The Hall–Kier alpha value is -1.79. The molecule has 88 valence electrons. The second-order valence-electron chi connectivity index (χ2n) is 3.55. The minimum atomic E-state index is -3.79. The van der Waals surface area contributed by atoms with Gasteiger partial charge in [-0.3, -0.25) is 4.98 Å². The molecule has 0 radical (unpaired) electrons. The first-order valence-electron chi connectivity index (χ1n) is 4.93. The van der Waals surface area contributed by atoms with E-state index in [9.17, 15) is 8.42 Å². The summed E-state index contributed by atoms with van der Waals surface area (Å²) in [7, 11) is -3.79. The quantitative estimate of drug-likeness (QED) is 0.868. The van der Waals surface area contributed by atoms with Gasteiger partial charge >= 0.3 is 0 Å². The molecule has 2 aromatic heterocycles. The summed E-state index contributed by atoms with van der Waals surface area (Å²) < 4.78 is 22.7. The number of sulfonamides is 1. The molecule has 0 spiro atoms. The van der Waals surface area contributed by atoms with Crippen LogP contribution in [0.5, 0.6) is 0 Å². The molecule has 0 bridgehead atoms. The van der Waals surface area contributed by atoms with Crippen molar-refractivity contribution in [2.45, 2.75) is 11.4 Å². The maximum Gasteiger partial charge on any atom is 0.255 e. The molecule has 0 aromatic carbocycles. The third-order valence-electron chi connectivity index (χ3n) is 2.24. The summed E-state index contributed by atoms with van der Waals surface area (Å²) in [4.78, 5) is 7.78. The average Bonchev–Trinajstić information content (AvgIpc) is 2.30. The van der Waals surface area contributed by atoms with Crippen LogP contribution in [0.2, 0.25) is 0 Å². The molecular weight excluding hydrogens is 238 g/mol. The van der Waals surface area contributed by atoms with Crippen LogP contribution < -0.4 is 5.14 Å². The van der Waals surface area contributed by atoms with Gasteiger partial charge in [-0.25, -0.2) is 18.5 Å². The van der Waals surface area contributed by atoms with Crippen LogP contribution in [-0.2, 0) is 16.4 Å². The van der Waals surface area contributed by atoms with Crippen molar-refractivity contribution < 1.29 is 8.42 Å². The van der Waals surface area contributed by atoms with Crippen molar-refractivity contribution in [3.05, 3.63) is 54.0 Å². The Morgan fingerprint density at radius 1 is 1.18 bits per heavy atom. The minimum absolute atomic E-state index is 0.0798. The molecule has 0 aliphatic rings. The van der Waals surface area contributed by atoms with E-state index < -0.39 is 10.0 Å². The van der Waals surface area contributed by atoms with Crippen LogP contribution in [0, 0.1) is 0 Å². The summed E-state index contributed by atoms with van der Waals surface area (Å²) in [5, 5.41) is 5.03. The zero-order valence-corrected chi connectivity index (χ0v) is 9.76. The molecule has 0 unspecified atom stereocenters. The molecule has 2 aromatic rings. The topological polar surface area (TPSA) is 85.9 Å². The minimum Gasteiger partial charge on any atom is -0.264 e. The zero-order valence-electron chi connectivity index (χ0n) is 8.95. The third-order valence-corrected chi connectivity index (χ3v) is 3.14. The van der Waals surface area contributed by atoms with Crippen LogP contribution in [0.15, 0.2) is 47.9 Å². The third kappa shape index (κ3) is 2.86. The van der Waals surface area contributed by atoms with Gasteiger partial charge in [-0.2, -0.15) is 0 Å². The summed E-state index contributed by atoms with van der Waals surface area (Å²) >= 11 is 0. The second kappa shape index (κ2) is 4.60. The summed E-state index contributed by atoms with van der Waals surface area (Å²) in [5.74, 6) is 0. The molecule has 0 aliphatic carbocycles. The van der Waals surface area contributed by atoms with Gasteiger partial charge in [0.25, 0.3) is 10.0 Å². The summed E-state index contributed by atoms with van der Waals surface area (Å²) in [6.07, 6.45) is 5.19. The highest BCUT2D eigenvalue weighted by Crippen LogP contribution is 2.14. The first kappa shape index (κ1) is 11.7. The molecule has 2 heterocycles. The van der Waals surface area contributed by atoms with Gasteiger partial charge in [0.05, 0.1) is 0 Å². The lowest BCUT2D eigenvalue weighted by Gasteiger charge is -2.05. The summed E-state index contributed by atoms with van der Waals surface area (Å²) in [6.45, 7) is 0. The van der Waals surface area contributed by atoms with Gasteiger partial charge in [0, 0.05) is 25.0 Å². The van der Waals surface area contributed by atoms with Gasteiger partial charge in [0.1, 0.15) is 0 Å². The van der Waals surface area contributed by atoms with Crippen LogP contribution in [0.25, 0.3) is 0 Å². The monoisotopic (exact) mass is 249 g/mol. The van der Waals surface area contributed by atoms with E-state index in [2.05, 4.69) is 9.97 Å². The molecule has 0 fully saturated rings. The lowest BCUT2D eigenvalue weighted by Crippen LogP contribution is -2.16. The Balaban J connectivity index is 2.41. The second-order valence-corrected chi connectivity index (χ2v) is 5.03. The summed E-state index contributed by atoms with van der Waals surface area (Å²) in [6, 6.07) is 7.04. The smallest absolute Gasteiger partial charge is 0.255 e. The van der Waals surface area contributed by atoms with Crippen molar-refractivity contribution in [3.8, 4) is 0 Å². The molecule has 0 saturated carbocycles. The zero-order chi connectivity index (χ0) is 12.3. The number of aromatic nitrogens is 2. The average molecular weight is 249 g/mol. The van der Waals surface area contributed by atoms with Crippen molar-refractivity contribution in [1.82, 2.24) is 9.97 Å². The number of rotatable bonds is 3. The fourth-order valence-corrected chi connectivity index (χ4v) is 2.25. The summed E-state index contributed by atoms with van der Waals surface area (Å²) in [5.41, 5.74) is 1.48. The fourth-order valence-electron chi connectivity index (χ4n) is 1.54. The Bertz CT molecular complexity index is 612. The van der Waals surface area contributed by atoms with Crippen LogP contribution in [0.4, 0.5) is 0 Å². The van der Waals surface area contributed by atoms with Crippen molar-refractivity contribution in [3.63, 3.8) is 0 Å². The molecule has 0 saturated heterocycles. The van der Waals surface area contributed by atoms with Gasteiger partial charge in [0.15, 0.2) is 5.03 Å². The van der Waals surface area contributed by atoms with Crippen LogP contribution in [-0.4, -0.2) is 18.4 Å². The van der Waals surface area contributed by atoms with Gasteiger partial charge < -0.3 is 0 Å². The van der Waals surface area contributed by atoms with Gasteiger partial charge in [0.2, 0.25) is 0 Å². The maximum absolute atomic E-state index is 11.3. The largest absolute Gasteiger partial charge is 0.264 e. The molecule has 0 aliphatic heterocycles. The maximum atomic E-state index is 11.3. The fraction of sp³-hybridized carbons (Fsp3) is 0.0909. The van der Waals surface area contributed by atoms with E-state index in [1.807, 2.05) is 6.07 Å². The Labute approximate surface area is 99.4 Å². The molecular formula is C11H11N3O2S. The van der Waals surface area contributed by atoms with E-state index in [0.717, 1.165) is 5.56 Å². The van der Waals surface area contributed by atoms with Crippen molar-refractivity contribution in [1.29, 1.82) is 0 Å². The van der Waals surface area contributed by atoms with E-state index in [-0.39, 0.29) is 5.03 Å².